The molecular formula is C6H8N2O. The molecule has 0 aliphatic carbocycles. The van der Waals surface area contributed by atoms with E-state index in [1.54, 1.807) is 6.20 Å². The maximum atomic E-state index is 9.90. The van der Waals surface area contributed by atoms with Crippen LogP contribution in [0.3, 0.4) is 0 Å². The number of allylic oxidation sites excluding steroid dienone is 2. The van der Waals surface area contributed by atoms with Crippen molar-refractivity contribution in [2.24, 2.45) is 5.29 Å². The van der Waals surface area contributed by atoms with E-state index in [9.17, 15) is 4.91 Å². The molecule has 1 aliphatic rings. The Balaban J connectivity index is 2.65. The number of hydrogen-bond donors (Lipinski definition) is 0. The molecule has 9 heavy (non-hydrogen) atoms. The van der Waals surface area contributed by atoms with Gasteiger partial charge in [0.05, 0.1) is 11.8 Å². The van der Waals surface area contributed by atoms with E-state index in [-0.39, 0.29) is 0 Å². The Morgan fingerprint density at radius 3 is 3.00 bits per heavy atom. The molecular weight excluding hydrogens is 116 g/mol. The summed E-state index contributed by atoms with van der Waals surface area (Å²) in [4.78, 5) is 9.90. The van der Waals surface area contributed by atoms with E-state index < -0.39 is 0 Å². The Bertz CT molecular complexity index is 172. The molecule has 0 amide bonds. The van der Waals surface area contributed by atoms with Crippen molar-refractivity contribution < 1.29 is 0 Å². The average molecular weight is 124 g/mol. The second-order valence-corrected chi connectivity index (χ2v) is 1.98. The molecule has 0 saturated heterocycles. The molecule has 48 valence electrons. The van der Waals surface area contributed by atoms with Crippen LogP contribution in [0.25, 0.3) is 0 Å². The van der Waals surface area contributed by atoms with Crippen LogP contribution in [0.4, 0.5) is 0 Å². The standard InChI is InChI=1S/C6H8N2O/c1-6-3-2-4-8(5-6)7-9/h2-3,5H,4H2,1H3. The van der Waals surface area contributed by atoms with Crippen molar-refractivity contribution in [2.45, 2.75) is 6.92 Å². The highest BCUT2D eigenvalue weighted by atomic mass is 16.3. The van der Waals surface area contributed by atoms with Gasteiger partial charge in [-0.3, -0.25) is 0 Å². The van der Waals surface area contributed by atoms with E-state index >= 15 is 0 Å². The Labute approximate surface area is 53.6 Å². The van der Waals surface area contributed by atoms with E-state index in [2.05, 4.69) is 5.29 Å². The zero-order valence-electron chi connectivity index (χ0n) is 5.24. The molecule has 0 radical (unpaired) electrons. The van der Waals surface area contributed by atoms with Gasteiger partial charge in [0.2, 0.25) is 0 Å². The number of nitrogens with zero attached hydrogens (tertiary/aromatic N) is 2. The lowest BCUT2D eigenvalue weighted by atomic mass is 10.2. The third kappa shape index (κ3) is 1.38. The highest BCUT2D eigenvalue weighted by Crippen LogP contribution is 2.05. The first-order valence-corrected chi connectivity index (χ1v) is 2.78. The van der Waals surface area contributed by atoms with Crippen molar-refractivity contribution in [3.8, 4) is 0 Å². The molecule has 0 fully saturated rings. The largest absolute Gasteiger partial charge is 0.232 e. The van der Waals surface area contributed by atoms with Gasteiger partial charge in [-0.25, -0.2) is 5.01 Å². The van der Waals surface area contributed by atoms with E-state index in [1.807, 2.05) is 19.1 Å². The van der Waals surface area contributed by atoms with E-state index in [0.29, 0.717) is 6.54 Å². The molecule has 1 rings (SSSR count). The predicted molar refractivity (Wildman–Crippen MR) is 35.4 cm³/mol. The van der Waals surface area contributed by atoms with Crippen molar-refractivity contribution >= 4 is 0 Å². The molecule has 0 aromatic carbocycles. The van der Waals surface area contributed by atoms with Crippen LogP contribution in [0.2, 0.25) is 0 Å². The van der Waals surface area contributed by atoms with Gasteiger partial charge in [-0.15, -0.1) is 4.91 Å². The monoisotopic (exact) mass is 124 g/mol. The van der Waals surface area contributed by atoms with Gasteiger partial charge in [0.15, 0.2) is 0 Å². The van der Waals surface area contributed by atoms with Crippen LogP contribution < -0.4 is 0 Å². The summed E-state index contributed by atoms with van der Waals surface area (Å²) in [5.74, 6) is 0. The molecule has 0 bridgehead atoms. The average Bonchev–Trinajstić information content (AvgIpc) is 1.88. The van der Waals surface area contributed by atoms with Crippen LogP contribution >= 0.6 is 0 Å². The second-order valence-electron chi connectivity index (χ2n) is 1.98. The van der Waals surface area contributed by atoms with Gasteiger partial charge in [0.25, 0.3) is 0 Å². The molecule has 0 aromatic heterocycles. The maximum absolute atomic E-state index is 9.90. The second kappa shape index (κ2) is 2.44. The summed E-state index contributed by atoms with van der Waals surface area (Å²) >= 11 is 0. The minimum atomic E-state index is 0.598. The third-order valence-electron chi connectivity index (χ3n) is 1.13. The van der Waals surface area contributed by atoms with Gasteiger partial charge >= 0.3 is 0 Å². The van der Waals surface area contributed by atoms with Gasteiger partial charge in [-0.05, 0) is 12.5 Å². The molecule has 0 spiro atoms. The van der Waals surface area contributed by atoms with Crippen molar-refractivity contribution in [3.05, 3.63) is 28.8 Å². The minimum Gasteiger partial charge on any atom is -0.232 e. The number of hydrogen-bond acceptors (Lipinski definition) is 2. The van der Waals surface area contributed by atoms with E-state index in [0.717, 1.165) is 5.57 Å². The number of nitroso groups, excluding NO2 is 1. The molecule has 0 atom stereocenters. The summed E-state index contributed by atoms with van der Waals surface area (Å²) in [6, 6.07) is 0. The van der Waals surface area contributed by atoms with Gasteiger partial charge < -0.3 is 0 Å². The Hall–Kier alpha value is -1.12. The lowest BCUT2D eigenvalue weighted by molar-refractivity contribution is 0.430. The van der Waals surface area contributed by atoms with Crippen LogP contribution in [-0.4, -0.2) is 11.6 Å². The fourth-order valence-electron chi connectivity index (χ4n) is 0.734. The lowest BCUT2D eigenvalue weighted by Gasteiger charge is -2.10. The molecule has 1 aliphatic heterocycles. The summed E-state index contributed by atoms with van der Waals surface area (Å²) in [5.41, 5.74) is 1.06. The SMILES string of the molecule is CC1=CN(N=O)CC=C1. The lowest BCUT2D eigenvalue weighted by Crippen LogP contribution is -2.11. The third-order valence-corrected chi connectivity index (χ3v) is 1.13. The fourth-order valence-corrected chi connectivity index (χ4v) is 0.734. The maximum Gasteiger partial charge on any atom is 0.0625 e. The molecule has 0 saturated carbocycles. The molecule has 3 nitrogen and oxygen atoms in total. The van der Waals surface area contributed by atoms with Gasteiger partial charge in [-0.1, -0.05) is 12.2 Å². The summed E-state index contributed by atoms with van der Waals surface area (Å²) < 4.78 is 0. The van der Waals surface area contributed by atoms with Crippen LogP contribution in [0.15, 0.2) is 29.2 Å². The van der Waals surface area contributed by atoms with Gasteiger partial charge in [0.1, 0.15) is 0 Å². The van der Waals surface area contributed by atoms with Crippen molar-refractivity contribution in [2.75, 3.05) is 6.54 Å². The fraction of sp³-hybridized carbons (Fsp3) is 0.333. The smallest absolute Gasteiger partial charge is 0.0625 e. The van der Waals surface area contributed by atoms with Crippen molar-refractivity contribution in [1.82, 2.24) is 5.01 Å². The predicted octanol–water partition coefficient (Wildman–Crippen LogP) is 1.44. The first-order valence-electron chi connectivity index (χ1n) is 2.78. The molecule has 3 heteroatoms. The molecule has 0 aromatic rings. The first kappa shape index (κ1) is 6.01. The van der Waals surface area contributed by atoms with Crippen LogP contribution in [0.1, 0.15) is 6.92 Å². The van der Waals surface area contributed by atoms with Crippen LogP contribution in [0, 0.1) is 4.91 Å². The Morgan fingerprint density at radius 1 is 1.78 bits per heavy atom. The van der Waals surface area contributed by atoms with Gasteiger partial charge in [-0.2, -0.15) is 0 Å². The molecule has 0 N–H and O–H groups in total. The topological polar surface area (TPSA) is 32.7 Å². The van der Waals surface area contributed by atoms with Crippen molar-refractivity contribution in [1.29, 1.82) is 0 Å². The highest BCUT2D eigenvalue weighted by Gasteiger charge is 1.99. The highest BCUT2D eigenvalue weighted by molar-refractivity contribution is 5.19. The Kier molecular flexibility index (Phi) is 1.63. The summed E-state index contributed by atoms with van der Waals surface area (Å²) in [6.45, 7) is 2.52. The van der Waals surface area contributed by atoms with Crippen LogP contribution in [-0.2, 0) is 0 Å². The zero-order chi connectivity index (χ0) is 6.69. The minimum absolute atomic E-state index is 0.598. The number of rotatable bonds is 1. The summed E-state index contributed by atoms with van der Waals surface area (Å²) in [7, 11) is 0. The molecule has 1 heterocycles. The van der Waals surface area contributed by atoms with E-state index in [4.69, 9.17) is 0 Å². The Morgan fingerprint density at radius 2 is 2.56 bits per heavy atom. The summed E-state index contributed by atoms with van der Waals surface area (Å²) in [5, 5.41) is 4.11. The molecule has 0 unspecified atom stereocenters. The van der Waals surface area contributed by atoms with Crippen molar-refractivity contribution in [3.63, 3.8) is 0 Å². The van der Waals surface area contributed by atoms with Gasteiger partial charge in [0, 0.05) is 6.20 Å². The first-order chi connectivity index (χ1) is 4.33. The zero-order valence-corrected chi connectivity index (χ0v) is 5.24. The summed E-state index contributed by atoms with van der Waals surface area (Å²) in [6.07, 6.45) is 5.57. The normalized spacial score (nSPS) is 17.4. The van der Waals surface area contributed by atoms with Crippen LogP contribution in [0.5, 0.6) is 0 Å². The quantitative estimate of drug-likeness (QED) is 0.495. The van der Waals surface area contributed by atoms with E-state index in [1.165, 1.54) is 5.01 Å².